The monoisotopic (exact) mass is 249 g/mol. The molecule has 0 aliphatic rings. The van der Waals surface area contributed by atoms with Gasteiger partial charge in [-0.05, 0) is 37.0 Å². The van der Waals surface area contributed by atoms with Crippen LogP contribution >= 0.6 is 0 Å². The van der Waals surface area contributed by atoms with Crippen LogP contribution in [0.25, 0.3) is 0 Å². The van der Waals surface area contributed by atoms with Crippen molar-refractivity contribution in [3.05, 3.63) is 36.9 Å². The molecule has 0 aliphatic carbocycles. The Labute approximate surface area is 110 Å². The van der Waals surface area contributed by atoms with Crippen molar-refractivity contribution < 1.29 is 14.8 Å². The Kier molecular flexibility index (Phi) is 7.11. The van der Waals surface area contributed by atoms with Crippen molar-refractivity contribution in [3.63, 3.8) is 0 Å². The lowest BCUT2D eigenvalue weighted by atomic mass is 10.1. The molecule has 0 spiro atoms. The van der Waals surface area contributed by atoms with Gasteiger partial charge < -0.3 is 10.1 Å². The third-order valence-electron chi connectivity index (χ3n) is 2.82. The molecule has 2 N–H and O–H groups in total. The van der Waals surface area contributed by atoms with Gasteiger partial charge in [-0.15, -0.1) is 7.05 Å². The lowest BCUT2D eigenvalue weighted by Crippen LogP contribution is -2.69. The van der Waals surface area contributed by atoms with Crippen LogP contribution in [0.3, 0.4) is 0 Å². The fourth-order valence-electron chi connectivity index (χ4n) is 1.66. The highest BCUT2D eigenvalue weighted by atomic mass is 16.5. The van der Waals surface area contributed by atoms with Gasteiger partial charge in [-0.25, -0.2) is 0 Å². The van der Waals surface area contributed by atoms with Crippen LogP contribution in [0, 0.1) is 7.05 Å². The van der Waals surface area contributed by atoms with Gasteiger partial charge in [0.05, 0.1) is 6.61 Å². The fourth-order valence-corrected chi connectivity index (χ4v) is 1.66. The molecule has 0 fully saturated rings. The molecule has 100 valence electrons. The van der Waals surface area contributed by atoms with E-state index in [1.807, 2.05) is 17.4 Å². The fraction of sp³-hybridized carbons (Fsp3) is 0.467. The Morgan fingerprint density at radius 3 is 2.61 bits per heavy atom. The molecule has 3 heteroatoms. The summed E-state index contributed by atoms with van der Waals surface area (Å²) in [5.41, 5.74) is 2.37. The minimum Gasteiger partial charge on any atom is -0.466 e. The normalized spacial score (nSPS) is 10.3. The number of carbonyl (C=O) groups is 1. The van der Waals surface area contributed by atoms with Gasteiger partial charge in [-0.1, -0.05) is 25.5 Å². The van der Waals surface area contributed by atoms with E-state index in [0.29, 0.717) is 13.0 Å². The Hall–Kier alpha value is -1.35. The molecule has 1 aromatic carbocycles. The number of esters is 1. The topological polar surface area (TPSA) is 42.9 Å². The first-order valence-corrected chi connectivity index (χ1v) is 6.63. The first-order chi connectivity index (χ1) is 8.76. The van der Waals surface area contributed by atoms with E-state index in [2.05, 4.69) is 26.1 Å². The highest BCUT2D eigenvalue weighted by Crippen LogP contribution is 2.08. The lowest BCUT2D eigenvalue weighted by molar-refractivity contribution is -0.504. The molecule has 0 unspecified atom stereocenters. The average Bonchev–Trinajstić information content (AvgIpc) is 2.40. The van der Waals surface area contributed by atoms with Crippen LogP contribution in [0.2, 0.25) is 0 Å². The van der Waals surface area contributed by atoms with Gasteiger partial charge in [0, 0.05) is 6.42 Å². The molecule has 0 atom stereocenters. The third-order valence-corrected chi connectivity index (χ3v) is 2.82. The number of aryl methyl sites for hydroxylation is 1. The van der Waals surface area contributed by atoms with Crippen LogP contribution in [0.5, 0.6) is 0 Å². The summed E-state index contributed by atoms with van der Waals surface area (Å²) in [5.74, 6) is -0.0776. The van der Waals surface area contributed by atoms with E-state index >= 15 is 0 Å². The maximum Gasteiger partial charge on any atom is 0.305 e. The Morgan fingerprint density at radius 2 is 2.00 bits per heavy atom. The van der Waals surface area contributed by atoms with Gasteiger partial charge in [0.2, 0.25) is 0 Å². The van der Waals surface area contributed by atoms with E-state index in [1.54, 1.807) is 0 Å². The zero-order chi connectivity index (χ0) is 13.2. The number of hydrogen-bond donors (Lipinski definition) is 1. The summed E-state index contributed by atoms with van der Waals surface area (Å²) in [6, 6.07) is 8.25. The number of hydrogen-bond acceptors (Lipinski definition) is 2. The number of ether oxygens (including phenoxy) is 1. The number of quaternary nitrogens is 1. The SMILES string of the molecule is [CH2-][NH2+]c1ccc(CCCC(=O)OCCCC)cc1. The van der Waals surface area contributed by atoms with Gasteiger partial charge in [-0.2, -0.15) is 0 Å². The molecule has 0 heterocycles. The van der Waals surface area contributed by atoms with Crippen LogP contribution < -0.4 is 5.32 Å². The molecule has 0 saturated heterocycles. The Bertz CT molecular complexity index is 346. The van der Waals surface area contributed by atoms with Crippen LogP contribution in [-0.4, -0.2) is 12.6 Å². The summed E-state index contributed by atoms with van der Waals surface area (Å²) in [7, 11) is 3.72. The predicted octanol–water partition coefficient (Wildman–Crippen LogP) is 2.34. The number of nitrogens with two attached hydrogens (primary N) is 1. The van der Waals surface area contributed by atoms with Crippen molar-refractivity contribution in [3.8, 4) is 0 Å². The van der Waals surface area contributed by atoms with Gasteiger partial charge in [0.15, 0.2) is 0 Å². The first-order valence-electron chi connectivity index (χ1n) is 6.63. The number of rotatable bonds is 8. The largest absolute Gasteiger partial charge is 0.466 e. The second-order valence-electron chi connectivity index (χ2n) is 4.37. The Balaban J connectivity index is 2.18. The standard InChI is InChI=1S/C15H23NO2/c1-3-4-12-18-15(17)7-5-6-13-8-10-14(16-2)11-9-13/h8-11H,2-7,12,16H2,1H3. The quantitative estimate of drug-likeness (QED) is 0.332. The maximum absolute atomic E-state index is 11.4. The third kappa shape index (κ3) is 5.82. The predicted molar refractivity (Wildman–Crippen MR) is 72.2 cm³/mol. The van der Waals surface area contributed by atoms with E-state index in [1.165, 1.54) is 5.56 Å². The van der Waals surface area contributed by atoms with Crippen LogP contribution in [0.15, 0.2) is 24.3 Å². The summed E-state index contributed by atoms with van der Waals surface area (Å²) in [4.78, 5) is 11.4. The zero-order valence-electron chi connectivity index (χ0n) is 11.2. The van der Waals surface area contributed by atoms with Gasteiger partial charge in [-0.3, -0.25) is 4.79 Å². The molecule has 0 saturated carbocycles. The molecular formula is C15H23NO2. The number of carbonyl (C=O) groups excluding carboxylic acids is 1. The molecule has 1 aromatic rings. The highest BCUT2D eigenvalue weighted by Gasteiger charge is 2.02. The summed E-state index contributed by atoms with van der Waals surface area (Å²) in [6.07, 6.45) is 4.28. The van der Waals surface area contributed by atoms with Crippen molar-refractivity contribution in [2.24, 2.45) is 0 Å². The summed E-state index contributed by atoms with van der Waals surface area (Å²) in [5, 5.41) is 1.83. The molecule has 0 aromatic heterocycles. The smallest absolute Gasteiger partial charge is 0.305 e. The van der Waals surface area contributed by atoms with Crippen LogP contribution in [0.4, 0.5) is 5.69 Å². The van der Waals surface area contributed by atoms with Crippen molar-refractivity contribution in [1.29, 1.82) is 0 Å². The van der Waals surface area contributed by atoms with Crippen molar-refractivity contribution in [1.82, 2.24) is 0 Å². The van der Waals surface area contributed by atoms with Crippen molar-refractivity contribution in [2.45, 2.75) is 39.0 Å². The molecule has 18 heavy (non-hydrogen) atoms. The highest BCUT2D eigenvalue weighted by molar-refractivity contribution is 5.69. The minimum absolute atomic E-state index is 0.0776. The number of unbranched alkanes of at least 4 members (excludes halogenated alkanes) is 1. The van der Waals surface area contributed by atoms with Gasteiger partial charge in [0.25, 0.3) is 0 Å². The second-order valence-corrected chi connectivity index (χ2v) is 4.37. The molecule has 3 nitrogen and oxygen atoms in total. The molecule has 0 bridgehead atoms. The molecular weight excluding hydrogens is 226 g/mol. The molecule has 0 amide bonds. The lowest BCUT2D eigenvalue weighted by Gasteiger charge is -2.05. The van der Waals surface area contributed by atoms with Crippen molar-refractivity contribution in [2.75, 3.05) is 6.61 Å². The summed E-state index contributed by atoms with van der Waals surface area (Å²) in [6.45, 7) is 2.64. The average molecular weight is 249 g/mol. The van der Waals surface area contributed by atoms with E-state index in [-0.39, 0.29) is 5.97 Å². The van der Waals surface area contributed by atoms with E-state index in [9.17, 15) is 4.79 Å². The van der Waals surface area contributed by atoms with Gasteiger partial charge >= 0.3 is 5.97 Å². The van der Waals surface area contributed by atoms with Gasteiger partial charge in [0.1, 0.15) is 5.69 Å². The zero-order valence-corrected chi connectivity index (χ0v) is 11.2. The molecule has 1 rings (SSSR count). The van der Waals surface area contributed by atoms with E-state index < -0.39 is 0 Å². The van der Waals surface area contributed by atoms with E-state index in [4.69, 9.17) is 4.74 Å². The first kappa shape index (κ1) is 14.7. The second kappa shape index (κ2) is 8.70. The minimum atomic E-state index is -0.0776. The Morgan fingerprint density at radius 1 is 1.28 bits per heavy atom. The molecule has 0 aliphatic heterocycles. The van der Waals surface area contributed by atoms with Crippen molar-refractivity contribution >= 4 is 11.7 Å². The number of benzene rings is 1. The van der Waals surface area contributed by atoms with E-state index in [0.717, 1.165) is 31.4 Å². The maximum atomic E-state index is 11.4. The van der Waals surface area contributed by atoms with Crippen LogP contribution in [-0.2, 0) is 16.0 Å². The van der Waals surface area contributed by atoms with Crippen LogP contribution in [0.1, 0.15) is 38.2 Å². The molecule has 0 radical (unpaired) electrons. The summed E-state index contributed by atoms with van der Waals surface area (Å²) >= 11 is 0. The summed E-state index contributed by atoms with van der Waals surface area (Å²) < 4.78 is 5.10.